The van der Waals surface area contributed by atoms with Crippen molar-refractivity contribution >= 4 is 28.6 Å². The van der Waals surface area contributed by atoms with E-state index >= 15 is 0 Å². The Morgan fingerprint density at radius 3 is 3.10 bits per heavy atom. The number of rotatable bonds is 3. The number of hydrogen-bond donors (Lipinski definition) is 1. The monoisotopic (exact) mass is 290 g/mol. The number of esters is 1. The highest BCUT2D eigenvalue weighted by molar-refractivity contribution is 5.83. The van der Waals surface area contributed by atoms with Crippen LogP contribution in [0.5, 0.6) is 0 Å². The van der Waals surface area contributed by atoms with Gasteiger partial charge in [-0.05, 0) is 18.9 Å². The van der Waals surface area contributed by atoms with Crippen LogP contribution < -0.4 is 4.90 Å². The molecule has 1 N–H and O–H groups in total. The van der Waals surface area contributed by atoms with E-state index in [-0.39, 0.29) is 17.7 Å². The van der Waals surface area contributed by atoms with E-state index in [1.54, 1.807) is 6.07 Å². The molecule has 1 aromatic carbocycles. The number of nitrogens with one attached hydrogen (secondary N) is 1. The summed E-state index contributed by atoms with van der Waals surface area (Å²) in [6.45, 7) is 0.696. The SMILES string of the molecule is COC(=O)C1CCCN1c1nc2ccc([N+](=O)[O-])cc2[nH]1. The molecule has 1 unspecified atom stereocenters. The van der Waals surface area contributed by atoms with Gasteiger partial charge in [0, 0.05) is 18.7 Å². The maximum Gasteiger partial charge on any atom is 0.328 e. The molecule has 0 bridgehead atoms. The summed E-state index contributed by atoms with van der Waals surface area (Å²) in [7, 11) is 1.36. The zero-order valence-electron chi connectivity index (χ0n) is 11.4. The Hall–Kier alpha value is -2.64. The summed E-state index contributed by atoms with van der Waals surface area (Å²) < 4.78 is 4.80. The van der Waals surface area contributed by atoms with E-state index in [4.69, 9.17) is 4.74 Å². The fraction of sp³-hybridized carbons (Fsp3) is 0.385. The molecule has 8 heteroatoms. The fourth-order valence-corrected chi connectivity index (χ4v) is 2.64. The molecule has 0 aliphatic carbocycles. The quantitative estimate of drug-likeness (QED) is 0.523. The van der Waals surface area contributed by atoms with Gasteiger partial charge in [0.05, 0.1) is 23.1 Å². The minimum absolute atomic E-state index is 0.00337. The third-order valence-electron chi connectivity index (χ3n) is 3.66. The van der Waals surface area contributed by atoms with Crippen molar-refractivity contribution < 1.29 is 14.5 Å². The lowest BCUT2D eigenvalue weighted by Crippen LogP contribution is -2.37. The molecular weight excluding hydrogens is 276 g/mol. The van der Waals surface area contributed by atoms with Crippen molar-refractivity contribution in [1.82, 2.24) is 9.97 Å². The van der Waals surface area contributed by atoms with Gasteiger partial charge in [0.15, 0.2) is 0 Å². The topological polar surface area (TPSA) is 101 Å². The molecule has 1 fully saturated rings. The third-order valence-corrected chi connectivity index (χ3v) is 3.66. The van der Waals surface area contributed by atoms with Gasteiger partial charge in [-0.15, -0.1) is 0 Å². The Labute approximate surface area is 119 Å². The fourth-order valence-electron chi connectivity index (χ4n) is 2.64. The van der Waals surface area contributed by atoms with Gasteiger partial charge in [-0.1, -0.05) is 0 Å². The molecule has 8 nitrogen and oxygen atoms in total. The van der Waals surface area contributed by atoms with Crippen LogP contribution in [0.3, 0.4) is 0 Å². The first-order valence-corrected chi connectivity index (χ1v) is 6.59. The first-order valence-electron chi connectivity index (χ1n) is 6.59. The first-order chi connectivity index (χ1) is 10.1. The predicted octanol–water partition coefficient (Wildman–Crippen LogP) is 1.61. The lowest BCUT2D eigenvalue weighted by atomic mass is 10.2. The molecule has 0 saturated carbocycles. The molecule has 1 aromatic heterocycles. The van der Waals surface area contributed by atoms with Crippen LogP contribution in [0.25, 0.3) is 11.0 Å². The number of nitrogens with zero attached hydrogens (tertiary/aromatic N) is 3. The number of fused-ring (bicyclic) bond motifs is 1. The summed E-state index contributed by atoms with van der Waals surface area (Å²) in [6, 6.07) is 4.09. The molecule has 1 atom stereocenters. The molecule has 1 saturated heterocycles. The zero-order chi connectivity index (χ0) is 15.0. The Bertz CT molecular complexity index is 711. The second-order valence-electron chi connectivity index (χ2n) is 4.89. The highest BCUT2D eigenvalue weighted by Gasteiger charge is 2.33. The summed E-state index contributed by atoms with van der Waals surface area (Å²) in [5.74, 6) is 0.248. The standard InChI is InChI=1S/C13H14N4O4/c1-21-12(18)11-3-2-6-16(11)13-14-9-5-4-8(17(19)20)7-10(9)15-13/h4-5,7,11H,2-3,6H2,1H3,(H,14,15). The molecule has 0 amide bonds. The number of nitro benzene ring substituents is 1. The van der Waals surface area contributed by atoms with E-state index in [2.05, 4.69) is 9.97 Å². The van der Waals surface area contributed by atoms with Crippen molar-refractivity contribution in [3.63, 3.8) is 0 Å². The number of aromatic amines is 1. The molecule has 21 heavy (non-hydrogen) atoms. The normalized spacial score (nSPS) is 18.1. The number of aromatic nitrogens is 2. The van der Waals surface area contributed by atoms with Gasteiger partial charge < -0.3 is 14.6 Å². The number of methoxy groups -OCH3 is 1. The summed E-state index contributed by atoms with van der Waals surface area (Å²) >= 11 is 0. The van der Waals surface area contributed by atoms with E-state index in [0.717, 1.165) is 6.42 Å². The number of nitro groups is 1. The number of carbonyl (C=O) groups excluding carboxylic acids is 1. The second-order valence-corrected chi connectivity index (χ2v) is 4.89. The number of ether oxygens (including phenoxy) is 1. The summed E-state index contributed by atoms with van der Waals surface area (Å²) in [4.78, 5) is 31.4. The Kier molecular flexibility index (Phi) is 3.20. The predicted molar refractivity (Wildman–Crippen MR) is 75.1 cm³/mol. The maximum absolute atomic E-state index is 11.8. The number of anilines is 1. The van der Waals surface area contributed by atoms with Crippen molar-refractivity contribution in [2.75, 3.05) is 18.6 Å². The molecule has 0 spiro atoms. The number of benzene rings is 1. The maximum atomic E-state index is 11.8. The number of hydrogen-bond acceptors (Lipinski definition) is 6. The summed E-state index contributed by atoms with van der Waals surface area (Å²) in [5, 5.41) is 10.8. The minimum atomic E-state index is -0.451. The van der Waals surface area contributed by atoms with Gasteiger partial charge in [0.25, 0.3) is 5.69 Å². The van der Waals surface area contributed by atoms with Crippen molar-refractivity contribution in [1.29, 1.82) is 0 Å². The van der Waals surface area contributed by atoms with E-state index in [0.29, 0.717) is 29.9 Å². The average Bonchev–Trinajstić information content (AvgIpc) is 3.11. The largest absolute Gasteiger partial charge is 0.467 e. The summed E-state index contributed by atoms with van der Waals surface area (Å²) in [6.07, 6.45) is 1.58. The van der Waals surface area contributed by atoms with Gasteiger partial charge >= 0.3 is 5.97 Å². The zero-order valence-corrected chi connectivity index (χ0v) is 11.4. The molecule has 1 aliphatic heterocycles. The lowest BCUT2D eigenvalue weighted by molar-refractivity contribution is -0.384. The van der Waals surface area contributed by atoms with Crippen LogP contribution in [0.1, 0.15) is 12.8 Å². The van der Waals surface area contributed by atoms with Crippen LogP contribution in [0.2, 0.25) is 0 Å². The molecule has 110 valence electrons. The number of imidazole rings is 1. The van der Waals surface area contributed by atoms with Crippen molar-refractivity contribution in [3.05, 3.63) is 28.3 Å². The lowest BCUT2D eigenvalue weighted by Gasteiger charge is -2.21. The van der Waals surface area contributed by atoms with E-state index < -0.39 is 4.92 Å². The second kappa shape index (κ2) is 5.04. The van der Waals surface area contributed by atoms with E-state index in [1.807, 2.05) is 4.90 Å². The molecule has 2 aromatic rings. The minimum Gasteiger partial charge on any atom is -0.467 e. The first kappa shape index (κ1) is 13.3. The van der Waals surface area contributed by atoms with Crippen molar-refractivity contribution in [2.45, 2.75) is 18.9 Å². The van der Waals surface area contributed by atoms with Gasteiger partial charge in [0.1, 0.15) is 6.04 Å². The highest BCUT2D eigenvalue weighted by atomic mass is 16.6. The van der Waals surface area contributed by atoms with E-state index in [1.165, 1.54) is 19.2 Å². The highest BCUT2D eigenvalue weighted by Crippen LogP contribution is 2.27. The van der Waals surface area contributed by atoms with Gasteiger partial charge in [0.2, 0.25) is 5.95 Å². The number of carbonyl (C=O) groups is 1. The van der Waals surface area contributed by atoms with Crippen LogP contribution in [-0.2, 0) is 9.53 Å². The molecule has 1 aliphatic rings. The Morgan fingerprint density at radius 2 is 2.38 bits per heavy atom. The van der Waals surface area contributed by atoms with Crippen LogP contribution in [-0.4, -0.2) is 40.6 Å². The van der Waals surface area contributed by atoms with Gasteiger partial charge in [-0.3, -0.25) is 10.1 Å². The Morgan fingerprint density at radius 1 is 1.57 bits per heavy atom. The molecule has 2 heterocycles. The third kappa shape index (κ3) is 2.28. The van der Waals surface area contributed by atoms with E-state index in [9.17, 15) is 14.9 Å². The average molecular weight is 290 g/mol. The molecular formula is C13H14N4O4. The smallest absolute Gasteiger partial charge is 0.328 e. The van der Waals surface area contributed by atoms with Gasteiger partial charge in [-0.25, -0.2) is 9.78 Å². The number of H-pyrrole nitrogens is 1. The van der Waals surface area contributed by atoms with Crippen LogP contribution in [0.4, 0.5) is 11.6 Å². The van der Waals surface area contributed by atoms with Crippen LogP contribution >= 0.6 is 0 Å². The van der Waals surface area contributed by atoms with Gasteiger partial charge in [-0.2, -0.15) is 0 Å². The van der Waals surface area contributed by atoms with Crippen LogP contribution in [0.15, 0.2) is 18.2 Å². The molecule has 0 radical (unpaired) electrons. The number of non-ortho nitro benzene ring substituents is 1. The molecule has 3 rings (SSSR count). The van der Waals surface area contributed by atoms with Crippen LogP contribution in [0, 0.1) is 10.1 Å². The Balaban J connectivity index is 1.97. The van der Waals surface area contributed by atoms with Crippen molar-refractivity contribution in [3.8, 4) is 0 Å². The van der Waals surface area contributed by atoms with Crippen molar-refractivity contribution in [2.24, 2.45) is 0 Å². The summed E-state index contributed by atoms with van der Waals surface area (Å²) in [5.41, 5.74) is 1.21.